The van der Waals surface area contributed by atoms with Crippen molar-refractivity contribution in [3.8, 4) is 0 Å². The van der Waals surface area contributed by atoms with E-state index < -0.39 is 44.5 Å². The molecule has 0 spiro atoms. The van der Waals surface area contributed by atoms with Gasteiger partial charge >= 0.3 is 7.82 Å². The van der Waals surface area contributed by atoms with Crippen LogP contribution in [0.25, 0.3) is 11.2 Å². The standard InChI is InChI=1S/C18H29N4O8P/c1-2-3-4-5-6-7-8-12-20-16-13(17(25)21-12)19-10-22(16)18-15(24)14(23)11(30-18)9-29-31(26,27)28/h10-11,14-15,18,23-24H,2-9H2,1H3,(H,20,21,25)(H2,26,27,28)/t11-,14-,15-,18?/m0/s1. The number of aromatic amines is 1. The summed E-state index contributed by atoms with van der Waals surface area (Å²) in [6.45, 7) is 1.53. The zero-order valence-corrected chi connectivity index (χ0v) is 18.1. The topological polar surface area (TPSA) is 180 Å². The molecule has 1 fully saturated rings. The van der Waals surface area contributed by atoms with E-state index in [-0.39, 0.29) is 11.2 Å². The normalized spacial score (nSPS) is 24.3. The highest BCUT2D eigenvalue weighted by Crippen LogP contribution is 2.38. The molecule has 1 unspecified atom stereocenters. The van der Waals surface area contributed by atoms with Gasteiger partial charge in [-0.15, -0.1) is 0 Å². The summed E-state index contributed by atoms with van der Waals surface area (Å²) in [6.07, 6.45) is 3.19. The Morgan fingerprint density at radius 2 is 1.90 bits per heavy atom. The number of H-pyrrole nitrogens is 1. The highest BCUT2D eigenvalue weighted by atomic mass is 31.2. The van der Waals surface area contributed by atoms with Crippen molar-refractivity contribution in [2.45, 2.75) is 76.4 Å². The van der Waals surface area contributed by atoms with Crippen LogP contribution in [-0.2, 0) is 20.2 Å². The summed E-state index contributed by atoms with van der Waals surface area (Å²) in [7, 11) is -4.77. The fourth-order valence-corrected chi connectivity index (χ4v) is 3.96. The summed E-state index contributed by atoms with van der Waals surface area (Å²) in [5.74, 6) is 0.490. The molecule has 3 rings (SSSR count). The first kappa shape index (κ1) is 24.0. The third-order valence-electron chi connectivity index (χ3n) is 5.27. The second-order valence-corrected chi connectivity index (χ2v) is 8.93. The summed E-state index contributed by atoms with van der Waals surface area (Å²) < 4.78 is 22.2. The molecule has 0 aliphatic carbocycles. The fourth-order valence-electron chi connectivity index (χ4n) is 3.62. The first-order valence-electron chi connectivity index (χ1n) is 10.4. The van der Waals surface area contributed by atoms with Gasteiger partial charge in [0.1, 0.15) is 24.1 Å². The quantitative estimate of drug-likeness (QED) is 0.237. The van der Waals surface area contributed by atoms with Gasteiger partial charge in [0.2, 0.25) is 0 Å². The van der Waals surface area contributed by atoms with Crippen LogP contribution in [0.15, 0.2) is 11.1 Å². The number of fused-ring (bicyclic) bond motifs is 1. The predicted molar refractivity (Wildman–Crippen MR) is 109 cm³/mol. The number of unbranched alkanes of at least 4 members (excludes halogenated alkanes) is 5. The zero-order chi connectivity index (χ0) is 22.6. The van der Waals surface area contributed by atoms with Crippen LogP contribution in [0.2, 0.25) is 0 Å². The maximum atomic E-state index is 12.4. The van der Waals surface area contributed by atoms with E-state index in [4.69, 9.17) is 14.5 Å². The Hall–Kier alpha value is -1.66. The number of aliphatic hydroxyl groups excluding tert-OH is 2. The van der Waals surface area contributed by atoms with Crippen molar-refractivity contribution >= 4 is 19.0 Å². The molecule has 5 N–H and O–H groups in total. The smallest absolute Gasteiger partial charge is 0.387 e. The molecule has 0 amide bonds. The minimum atomic E-state index is -4.77. The summed E-state index contributed by atoms with van der Waals surface area (Å²) in [5, 5.41) is 20.6. The molecule has 2 aromatic heterocycles. The lowest BCUT2D eigenvalue weighted by Crippen LogP contribution is -2.33. The average molecular weight is 460 g/mol. The molecule has 1 aliphatic rings. The van der Waals surface area contributed by atoms with Crippen molar-refractivity contribution in [2.75, 3.05) is 6.61 Å². The van der Waals surface area contributed by atoms with E-state index in [1.54, 1.807) is 0 Å². The maximum Gasteiger partial charge on any atom is 0.469 e. The molecule has 2 aromatic rings. The molecule has 31 heavy (non-hydrogen) atoms. The van der Waals surface area contributed by atoms with E-state index in [9.17, 15) is 19.6 Å². The Labute approximate surface area is 178 Å². The lowest BCUT2D eigenvalue weighted by atomic mass is 10.1. The van der Waals surface area contributed by atoms with Gasteiger partial charge in [-0.1, -0.05) is 39.0 Å². The molecule has 12 nitrogen and oxygen atoms in total. The van der Waals surface area contributed by atoms with Crippen LogP contribution in [0.1, 0.15) is 57.5 Å². The van der Waals surface area contributed by atoms with E-state index in [0.29, 0.717) is 12.2 Å². The minimum Gasteiger partial charge on any atom is -0.387 e. The van der Waals surface area contributed by atoms with Crippen LogP contribution in [0.3, 0.4) is 0 Å². The molecule has 13 heteroatoms. The van der Waals surface area contributed by atoms with Crippen LogP contribution in [-0.4, -0.2) is 64.4 Å². The molecule has 0 saturated carbocycles. The Bertz CT molecular complexity index is 973. The van der Waals surface area contributed by atoms with Gasteiger partial charge in [0.15, 0.2) is 17.4 Å². The third-order valence-corrected chi connectivity index (χ3v) is 5.75. The Balaban J connectivity index is 1.74. The number of nitrogens with one attached hydrogen (secondary N) is 1. The molecule has 1 saturated heterocycles. The highest BCUT2D eigenvalue weighted by Gasteiger charge is 2.45. The van der Waals surface area contributed by atoms with E-state index in [2.05, 4.69) is 26.4 Å². The largest absolute Gasteiger partial charge is 0.469 e. The molecule has 4 atom stereocenters. The number of aliphatic hydroxyl groups is 2. The molecule has 1 aliphatic heterocycles. The number of aromatic nitrogens is 4. The zero-order valence-electron chi connectivity index (χ0n) is 17.3. The molecule has 0 bridgehead atoms. The van der Waals surface area contributed by atoms with E-state index >= 15 is 0 Å². The Kier molecular flexibility index (Phi) is 7.98. The van der Waals surface area contributed by atoms with Gasteiger partial charge in [0.25, 0.3) is 5.56 Å². The third kappa shape index (κ3) is 5.98. The number of aryl methyl sites for hydroxylation is 1. The number of imidazole rings is 1. The average Bonchev–Trinajstić information content (AvgIpc) is 3.24. The van der Waals surface area contributed by atoms with Gasteiger partial charge in [-0.05, 0) is 6.42 Å². The van der Waals surface area contributed by atoms with Gasteiger partial charge in [-0.2, -0.15) is 0 Å². The molecule has 0 radical (unpaired) electrons. The SMILES string of the molecule is CCCCCCCCc1nc2c(ncn2C2O[C@@H](COP(=O)(O)O)[C@H](O)[C@@H]2O)c(=O)[nH]1. The van der Waals surface area contributed by atoms with Crippen molar-refractivity contribution < 1.29 is 33.8 Å². The second kappa shape index (κ2) is 10.3. The van der Waals surface area contributed by atoms with Crippen molar-refractivity contribution in [1.29, 1.82) is 0 Å². The van der Waals surface area contributed by atoms with Crippen molar-refractivity contribution in [2.24, 2.45) is 0 Å². The molecule has 174 valence electrons. The summed E-state index contributed by atoms with van der Waals surface area (Å²) in [4.78, 5) is 41.3. The lowest BCUT2D eigenvalue weighted by Gasteiger charge is -2.16. The number of hydrogen-bond acceptors (Lipinski definition) is 8. The molecule has 3 heterocycles. The Morgan fingerprint density at radius 1 is 1.19 bits per heavy atom. The summed E-state index contributed by atoms with van der Waals surface area (Å²) >= 11 is 0. The highest BCUT2D eigenvalue weighted by molar-refractivity contribution is 7.46. The van der Waals surface area contributed by atoms with Crippen molar-refractivity contribution in [3.05, 3.63) is 22.5 Å². The molecular formula is C18H29N4O8P. The number of phosphoric acid groups is 1. The number of ether oxygens (including phenoxy) is 1. The molecule has 0 aromatic carbocycles. The van der Waals surface area contributed by atoms with E-state index in [1.165, 1.54) is 30.2 Å². The summed E-state index contributed by atoms with van der Waals surface area (Å²) in [6, 6.07) is 0. The lowest BCUT2D eigenvalue weighted by molar-refractivity contribution is -0.0504. The first-order valence-corrected chi connectivity index (χ1v) is 11.9. The number of phosphoric ester groups is 1. The predicted octanol–water partition coefficient (Wildman–Crippen LogP) is 0.751. The van der Waals surface area contributed by atoms with Gasteiger partial charge in [0.05, 0.1) is 12.9 Å². The maximum absolute atomic E-state index is 12.4. The van der Waals surface area contributed by atoms with Crippen molar-refractivity contribution in [1.82, 2.24) is 19.5 Å². The summed E-state index contributed by atoms with van der Waals surface area (Å²) in [5.41, 5.74) is -0.163. The van der Waals surface area contributed by atoms with Crippen LogP contribution >= 0.6 is 7.82 Å². The van der Waals surface area contributed by atoms with Crippen LogP contribution in [0, 0.1) is 0 Å². The molecular weight excluding hydrogens is 431 g/mol. The first-order chi connectivity index (χ1) is 14.7. The minimum absolute atomic E-state index is 0.0619. The second-order valence-electron chi connectivity index (χ2n) is 7.69. The van der Waals surface area contributed by atoms with Gasteiger partial charge in [-0.3, -0.25) is 13.9 Å². The number of rotatable bonds is 11. The van der Waals surface area contributed by atoms with Crippen molar-refractivity contribution in [3.63, 3.8) is 0 Å². The number of hydrogen-bond donors (Lipinski definition) is 5. The number of nitrogens with zero attached hydrogens (tertiary/aromatic N) is 3. The van der Waals surface area contributed by atoms with Crippen LogP contribution in [0.4, 0.5) is 0 Å². The van der Waals surface area contributed by atoms with Gasteiger partial charge in [-0.25, -0.2) is 14.5 Å². The Morgan fingerprint density at radius 3 is 2.61 bits per heavy atom. The van der Waals surface area contributed by atoms with Gasteiger partial charge < -0.3 is 29.7 Å². The van der Waals surface area contributed by atoms with Crippen LogP contribution in [0.5, 0.6) is 0 Å². The van der Waals surface area contributed by atoms with E-state index in [0.717, 1.165) is 19.3 Å². The van der Waals surface area contributed by atoms with E-state index in [1.807, 2.05) is 0 Å². The van der Waals surface area contributed by atoms with Crippen LogP contribution < -0.4 is 5.56 Å². The monoisotopic (exact) mass is 460 g/mol. The van der Waals surface area contributed by atoms with Gasteiger partial charge in [0, 0.05) is 6.42 Å². The fraction of sp³-hybridized carbons (Fsp3) is 0.722.